The van der Waals surface area contributed by atoms with E-state index in [0.29, 0.717) is 5.13 Å². The van der Waals surface area contributed by atoms with E-state index in [1.165, 1.54) is 16.9 Å². The quantitative estimate of drug-likeness (QED) is 0.457. The van der Waals surface area contributed by atoms with E-state index >= 15 is 0 Å². The summed E-state index contributed by atoms with van der Waals surface area (Å²) in [5.41, 5.74) is 4.21. The van der Waals surface area contributed by atoms with Crippen molar-refractivity contribution >= 4 is 32.7 Å². The number of amides is 2. The Morgan fingerprint density at radius 3 is 2.18 bits per heavy atom. The zero-order valence-electron chi connectivity index (χ0n) is 15.6. The van der Waals surface area contributed by atoms with Crippen molar-refractivity contribution in [1.82, 2.24) is 10.3 Å². The van der Waals surface area contributed by atoms with Gasteiger partial charge in [-0.2, -0.15) is 0 Å². The van der Waals surface area contributed by atoms with E-state index in [9.17, 15) is 4.79 Å². The van der Waals surface area contributed by atoms with Crippen molar-refractivity contribution in [3.8, 4) is 0 Å². The van der Waals surface area contributed by atoms with Crippen molar-refractivity contribution in [2.45, 2.75) is 19.4 Å². The molecule has 3 aromatic carbocycles. The third-order valence-electron chi connectivity index (χ3n) is 4.65. The maximum atomic E-state index is 12.7. The van der Waals surface area contributed by atoms with Crippen molar-refractivity contribution in [2.24, 2.45) is 0 Å². The lowest BCUT2D eigenvalue weighted by Crippen LogP contribution is -2.33. The van der Waals surface area contributed by atoms with Crippen LogP contribution in [0.15, 0.2) is 78.9 Å². The summed E-state index contributed by atoms with van der Waals surface area (Å²) in [4.78, 5) is 17.4. The minimum absolute atomic E-state index is 0.233. The molecule has 0 fully saturated rings. The molecule has 4 aromatic rings. The van der Waals surface area contributed by atoms with Crippen molar-refractivity contribution < 1.29 is 4.79 Å². The number of anilines is 1. The number of urea groups is 1. The third-order valence-corrected chi connectivity index (χ3v) is 5.58. The second kappa shape index (κ2) is 8.23. The number of aryl methyl sites for hydroxylation is 1. The Morgan fingerprint density at radius 1 is 0.929 bits per heavy atom. The average molecular weight is 388 g/mol. The summed E-state index contributed by atoms with van der Waals surface area (Å²) in [7, 11) is 0. The normalized spacial score (nSPS) is 10.9. The molecular weight excluding hydrogens is 366 g/mol. The molecule has 0 saturated carbocycles. The van der Waals surface area contributed by atoms with Crippen LogP contribution in [0.3, 0.4) is 0 Å². The van der Waals surface area contributed by atoms with E-state index in [2.05, 4.69) is 28.6 Å². The van der Waals surface area contributed by atoms with Crippen LogP contribution in [0, 0.1) is 0 Å². The minimum atomic E-state index is -0.269. The standard InChI is InChI=1S/C23H21N3OS/c1-2-16-14-9-15-19-21(16)25-23(28-19)26-22(27)24-20(17-10-5-3-6-11-17)18-12-7-4-8-13-18/h3-15,20H,2H2,1H3,(H2,24,25,26,27). The van der Waals surface area contributed by atoms with Gasteiger partial charge in [-0.15, -0.1) is 0 Å². The molecule has 0 atom stereocenters. The summed E-state index contributed by atoms with van der Waals surface area (Å²) in [5.74, 6) is 0. The van der Waals surface area contributed by atoms with Crippen LogP contribution < -0.4 is 10.6 Å². The molecule has 0 bridgehead atoms. The van der Waals surface area contributed by atoms with E-state index < -0.39 is 0 Å². The monoisotopic (exact) mass is 387 g/mol. The Kier molecular flexibility index (Phi) is 5.35. The number of rotatable bonds is 5. The van der Waals surface area contributed by atoms with Crippen LogP contribution in [0.1, 0.15) is 29.7 Å². The number of thiazole rings is 1. The second-order valence-electron chi connectivity index (χ2n) is 6.49. The lowest BCUT2D eigenvalue weighted by atomic mass is 9.99. The number of hydrogen-bond donors (Lipinski definition) is 2. The Hall–Kier alpha value is -3.18. The zero-order chi connectivity index (χ0) is 19.3. The van der Waals surface area contributed by atoms with E-state index in [0.717, 1.165) is 27.8 Å². The Bertz CT molecular complexity index is 1040. The number of nitrogens with one attached hydrogen (secondary N) is 2. The zero-order valence-corrected chi connectivity index (χ0v) is 16.4. The molecule has 140 valence electrons. The first kappa shape index (κ1) is 18.2. The summed E-state index contributed by atoms with van der Waals surface area (Å²) in [5, 5.41) is 6.60. The number of benzene rings is 3. The highest BCUT2D eigenvalue weighted by Gasteiger charge is 2.17. The van der Waals surface area contributed by atoms with Crippen molar-refractivity contribution in [2.75, 3.05) is 5.32 Å². The van der Waals surface area contributed by atoms with Crippen LogP contribution in [0.25, 0.3) is 10.2 Å². The number of carbonyl (C=O) groups excluding carboxylic acids is 1. The van der Waals surface area contributed by atoms with E-state index in [1.807, 2.05) is 72.8 Å². The number of hydrogen-bond acceptors (Lipinski definition) is 3. The summed E-state index contributed by atoms with van der Waals surface area (Å²) < 4.78 is 1.08. The summed E-state index contributed by atoms with van der Waals surface area (Å²) in [6.07, 6.45) is 0.913. The van der Waals surface area contributed by atoms with Crippen molar-refractivity contribution in [3.63, 3.8) is 0 Å². The maximum absolute atomic E-state index is 12.7. The molecule has 0 saturated heterocycles. The lowest BCUT2D eigenvalue weighted by Gasteiger charge is -2.19. The van der Waals surface area contributed by atoms with Gasteiger partial charge in [-0.05, 0) is 29.2 Å². The molecule has 0 radical (unpaired) electrons. The smallest absolute Gasteiger partial charge is 0.321 e. The number of nitrogens with zero attached hydrogens (tertiary/aromatic N) is 1. The average Bonchev–Trinajstić information content (AvgIpc) is 3.15. The molecule has 0 unspecified atom stereocenters. The molecule has 0 aliphatic carbocycles. The molecule has 2 amide bonds. The lowest BCUT2D eigenvalue weighted by molar-refractivity contribution is 0.250. The second-order valence-corrected chi connectivity index (χ2v) is 7.52. The Morgan fingerprint density at radius 2 is 1.57 bits per heavy atom. The highest BCUT2D eigenvalue weighted by molar-refractivity contribution is 7.22. The molecule has 1 aromatic heterocycles. The Balaban J connectivity index is 1.57. The topological polar surface area (TPSA) is 54.0 Å². The summed E-state index contributed by atoms with van der Waals surface area (Å²) in [6.45, 7) is 2.11. The van der Waals surface area contributed by atoms with Gasteiger partial charge in [0.25, 0.3) is 0 Å². The minimum Gasteiger partial charge on any atom is -0.327 e. The van der Waals surface area contributed by atoms with Gasteiger partial charge in [-0.3, -0.25) is 5.32 Å². The van der Waals surface area contributed by atoms with Gasteiger partial charge >= 0.3 is 6.03 Å². The summed E-state index contributed by atoms with van der Waals surface area (Å²) >= 11 is 1.49. The molecule has 4 rings (SSSR count). The molecule has 28 heavy (non-hydrogen) atoms. The van der Waals surface area contributed by atoms with Crippen LogP contribution in [-0.4, -0.2) is 11.0 Å². The molecule has 0 spiro atoms. The number of para-hydroxylation sites is 1. The van der Waals surface area contributed by atoms with E-state index in [4.69, 9.17) is 0 Å². The third kappa shape index (κ3) is 3.89. The van der Waals surface area contributed by atoms with Crippen LogP contribution >= 0.6 is 11.3 Å². The van der Waals surface area contributed by atoms with Crippen molar-refractivity contribution in [1.29, 1.82) is 0 Å². The molecule has 1 heterocycles. The number of fused-ring (bicyclic) bond motifs is 1. The SMILES string of the molecule is CCc1cccc2sc(NC(=O)NC(c3ccccc3)c3ccccc3)nc12. The van der Waals surface area contributed by atoms with Gasteiger partial charge in [0, 0.05) is 0 Å². The predicted molar refractivity (Wildman–Crippen MR) is 116 cm³/mol. The number of carbonyl (C=O) groups is 1. The fourth-order valence-electron chi connectivity index (χ4n) is 3.26. The van der Waals surface area contributed by atoms with Crippen LogP contribution in [0.4, 0.5) is 9.93 Å². The summed E-state index contributed by atoms with van der Waals surface area (Å²) in [6, 6.07) is 25.6. The van der Waals surface area contributed by atoms with Gasteiger partial charge in [0.05, 0.1) is 16.3 Å². The molecule has 5 heteroatoms. The first-order chi connectivity index (χ1) is 13.7. The van der Waals surface area contributed by atoms with Gasteiger partial charge in [0.2, 0.25) is 0 Å². The largest absolute Gasteiger partial charge is 0.327 e. The van der Waals surface area contributed by atoms with Crippen LogP contribution in [-0.2, 0) is 6.42 Å². The van der Waals surface area contributed by atoms with Gasteiger partial charge < -0.3 is 5.32 Å². The maximum Gasteiger partial charge on any atom is 0.321 e. The number of aromatic nitrogens is 1. The fraction of sp³-hybridized carbons (Fsp3) is 0.130. The highest BCUT2D eigenvalue weighted by Crippen LogP contribution is 2.29. The van der Waals surface area contributed by atoms with E-state index in [1.54, 1.807) is 0 Å². The molecule has 0 aliphatic heterocycles. The fourth-order valence-corrected chi connectivity index (χ4v) is 4.17. The Labute approximate surface area is 168 Å². The molecule has 2 N–H and O–H groups in total. The molecular formula is C23H21N3OS. The molecule has 4 nitrogen and oxygen atoms in total. The van der Waals surface area contributed by atoms with Gasteiger partial charge in [0.15, 0.2) is 5.13 Å². The first-order valence-corrected chi connectivity index (χ1v) is 10.1. The van der Waals surface area contributed by atoms with Crippen LogP contribution in [0.5, 0.6) is 0 Å². The molecule has 0 aliphatic rings. The van der Waals surface area contributed by atoms with E-state index in [-0.39, 0.29) is 12.1 Å². The highest BCUT2D eigenvalue weighted by atomic mass is 32.1. The van der Waals surface area contributed by atoms with Crippen molar-refractivity contribution in [3.05, 3.63) is 95.6 Å². The van der Waals surface area contributed by atoms with Gasteiger partial charge in [-0.25, -0.2) is 9.78 Å². The van der Waals surface area contributed by atoms with Crippen LogP contribution in [0.2, 0.25) is 0 Å². The van der Waals surface area contributed by atoms with Gasteiger partial charge in [0.1, 0.15) is 0 Å². The predicted octanol–water partition coefficient (Wildman–Crippen LogP) is 5.77. The van der Waals surface area contributed by atoms with Gasteiger partial charge in [-0.1, -0.05) is 91.1 Å². The first-order valence-electron chi connectivity index (χ1n) is 9.30.